The summed E-state index contributed by atoms with van der Waals surface area (Å²) in [5, 5.41) is 9.98. The molecule has 2 aromatic rings. The highest BCUT2D eigenvalue weighted by Crippen LogP contribution is 2.42. The van der Waals surface area contributed by atoms with Gasteiger partial charge in [0.25, 0.3) is 0 Å². The molecule has 0 spiro atoms. The smallest absolute Gasteiger partial charge is 0.493 e. The summed E-state index contributed by atoms with van der Waals surface area (Å²) in [6, 6.07) is 9.45. The molecule has 0 saturated carbocycles. The van der Waals surface area contributed by atoms with E-state index in [-0.39, 0.29) is 29.9 Å². The van der Waals surface area contributed by atoms with Crippen molar-refractivity contribution in [1.29, 1.82) is 5.26 Å². The van der Waals surface area contributed by atoms with Crippen LogP contribution in [-0.2, 0) is 59.4 Å². The number of ether oxygens (including phenoxy) is 6. The Balaban J connectivity index is 2.16. The number of carbonyl (C=O) groups is 4. The molecule has 49 heavy (non-hydrogen) atoms. The first-order valence-corrected chi connectivity index (χ1v) is 15.9. The van der Waals surface area contributed by atoms with Crippen molar-refractivity contribution < 1.29 is 73.4 Å². The zero-order valence-electron chi connectivity index (χ0n) is 26.8. The van der Waals surface area contributed by atoms with Crippen LogP contribution in [0.15, 0.2) is 36.4 Å². The summed E-state index contributed by atoms with van der Waals surface area (Å²) in [5.74, 6) is -3.72. The van der Waals surface area contributed by atoms with E-state index in [4.69, 9.17) is 28.4 Å². The van der Waals surface area contributed by atoms with Gasteiger partial charge in [0.15, 0.2) is 18.3 Å². The van der Waals surface area contributed by atoms with Gasteiger partial charge in [-0.15, -0.1) is 0 Å². The van der Waals surface area contributed by atoms with Gasteiger partial charge in [0.2, 0.25) is 0 Å². The van der Waals surface area contributed by atoms with E-state index in [9.17, 15) is 46.0 Å². The zero-order chi connectivity index (χ0) is 36.7. The Morgan fingerprint density at radius 2 is 1.45 bits per heavy atom. The minimum Gasteiger partial charge on any atom is -0.493 e. The summed E-state index contributed by atoms with van der Waals surface area (Å²) in [6.07, 6.45) is -7.05. The molecule has 1 aliphatic heterocycles. The summed E-state index contributed by atoms with van der Waals surface area (Å²) in [6.45, 7) is 5.61. The van der Waals surface area contributed by atoms with E-state index in [1.807, 2.05) is 6.07 Å². The maximum atomic E-state index is 12.8. The molecule has 0 N–H and O–H groups in total. The van der Waals surface area contributed by atoms with E-state index in [0.717, 1.165) is 39.8 Å². The Hall–Kier alpha value is -4.89. The number of esters is 4. The molecular weight excluding hydrogens is 683 g/mol. The molecule has 5 atom stereocenters. The fourth-order valence-corrected chi connectivity index (χ4v) is 5.39. The number of hydrogen-bond acceptors (Lipinski definition) is 14. The molecule has 0 aliphatic carbocycles. The number of nitrogens with zero attached hydrogens (tertiary/aromatic N) is 1. The van der Waals surface area contributed by atoms with Gasteiger partial charge in [0.05, 0.1) is 18.2 Å². The van der Waals surface area contributed by atoms with Gasteiger partial charge in [-0.05, 0) is 48.7 Å². The number of halogens is 3. The number of alkyl halides is 3. The molecule has 1 aliphatic rings. The van der Waals surface area contributed by atoms with Crippen molar-refractivity contribution in [2.75, 3.05) is 13.2 Å². The van der Waals surface area contributed by atoms with Crippen molar-refractivity contribution in [3.8, 4) is 17.6 Å². The fraction of sp³-hybridized carbons (Fsp3) is 0.452. The number of hydrogen-bond donors (Lipinski definition) is 0. The number of rotatable bonds is 12. The van der Waals surface area contributed by atoms with E-state index in [2.05, 4.69) is 4.18 Å². The lowest BCUT2D eigenvalue weighted by Gasteiger charge is -2.45. The van der Waals surface area contributed by atoms with Gasteiger partial charge in [-0.2, -0.15) is 26.9 Å². The highest BCUT2D eigenvalue weighted by Gasteiger charge is 2.53. The molecule has 266 valence electrons. The van der Waals surface area contributed by atoms with Gasteiger partial charge in [-0.1, -0.05) is 12.1 Å². The number of benzene rings is 2. The molecule has 2 aromatic carbocycles. The third-order valence-corrected chi connectivity index (χ3v) is 7.74. The Morgan fingerprint density at radius 1 is 0.878 bits per heavy atom. The third kappa shape index (κ3) is 10.1. The summed E-state index contributed by atoms with van der Waals surface area (Å²) in [7, 11) is -5.91. The van der Waals surface area contributed by atoms with Crippen LogP contribution in [0.3, 0.4) is 0 Å². The van der Waals surface area contributed by atoms with Crippen molar-refractivity contribution in [3.05, 3.63) is 58.7 Å². The Morgan fingerprint density at radius 3 is 1.96 bits per heavy atom. The normalized spacial score (nSPS) is 20.7. The molecule has 0 amide bonds. The maximum Gasteiger partial charge on any atom is 0.534 e. The summed E-state index contributed by atoms with van der Waals surface area (Å²) in [5.41, 5.74) is -4.65. The summed E-state index contributed by atoms with van der Waals surface area (Å²) in [4.78, 5) is 48.4. The molecule has 0 radical (unpaired) electrons. The topological polar surface area (TPSA) is 191 Å². The van der Waals surface area contributed by atoms with Gasteiger partial charge in [-0.25, -0.2) is 0 Å². The van der Waals surface area contributed by atoms with Crippen LogP contribution in [0.2, 0.25) is 0 Å². The van der Waals surface area contributed by atoms with Crippen LogP contribution in [0.25, 0.3) is 0 Å². The first kappa shape index (κ1) is 38.6. The minimum atomic E-state index is -5.91. The highest BCUT2D eigenvalue weighted by atomic mass is 32.2. The van der Waals surface area contributed by atoms with E-state index >= 15 is 0 Å². The number of carbonyl (C=O) groups excluding carboxylic acids is 4. The van der Waals surface area contributed by atoms with E-state index in [1.165, 1.54) is 24.3 Å². The average molecular weight is 716 g/mol. The van der Waals surface area contributed by atoms with Crippen LogP contribution in [0.1, 0.15) is 63.0 Å². The van der Waals surface area contributed by atoms with Crippen LogP contribution in [0.5, 0.6) is 11.5 Å². The van der Waals surface area contributed by atoms with Gasteiger partial charge in [0, 0.05) is 33.3 Å². The quantitative estimate of drug-likeness (QED) is 0.134. The third-order valence-electron chi connectivity index (χ3n) is 6.76. The molecule has 14 nitrogen and oxygen atoms in total. The van der Waals surface area contributed by atoms with Crippen molar-refractivity contribution >= 4 is 34.0 Å². The monoisotopic (exact) mass is 715 g/mol. The average Bonchev–Trinajstić information content (AvgIpc) is 2.98. The predicted molar refractivity (Wildman–Crippen MR) is 158 cm³/mol. The Bertz CT molecular complexity index is 1700. The molecule has 3 rings (SSSR count). The van der Waals surface area contributed by atoms with Crippen molar-refractivity contribution in [2.45, 2.75) is 77.1 Å². The second-order valence-corrected chi connectivity index (χ2v) is 12.1. The van der Waals surface area contributed by atoms with Crippen molar-refractivity contribution in [3.63, 3.8) is 0 Å². The molecule has 1 saturated heterocycles. The second kappa shape index (κ2) is 16.0. The summed E-state index contributed by atoms with van der Waals surface area (Å²) >= 11 is 0. The summed E-state index contributed by atoms with van der Waals surface area (Å²) < 4.78 is 98.9. The number of nitriles is 1. The Labute approximate surface area is 279 Å². The SMILES string of the molecule is CCOc1cc(C#N)c(Cc2ccc(OS(=O)(=O)C(F)(F)F)cc2)cc1[C@@H]1O[C@H](COC(C)=O)[C@@H](OC(C)=O)[C@H](OC(C)=O)[C@H]1OC(C)=O. The van der Waals surface area contributed by atoms with E-state index in [0.29, 0.717) is 11.1 Å². The van der Waals surface area contributed by atoms with Crippen molar-refractivity contribution in [1.82, 2.24) is 0 Å². The van der Waals surface area contributed by atoms with Gasteiger partial charge >= 0.3 is 39.5 Å². The minimum absolute atomic E-state index is 0.0418. The Kier molecular flexibility index (Phi) is 12.6. The van der Waals surface area contributed by atoms with Gasteiger partial charge < -0.3 is 32.6 Å². The highest BCUT2D eigenvalue weighted by molar-refractivity contribution is 7.88. The van der Waals surface area contributed by atoms with Crippen LogP contribution < -0.4 is 8.92 Å². The van der Waals surface area contributed by atoms with Crippen LogP contribution >= 0.6 is 0 Å². The van der Waals surface area contributed by atoms with E-state index in [1.54, 1.807) is 6.92 Å². The second-order valence-electron chi connectivity index (χ2n) is 10.5. The molecule has 18 heteroatoms. The largest absolute Gasteiger partial charge is 0.534 e. The van der Waals surface area contributed by atoms with Gasteiger partial charge in [0.1, 0.15) is 30.3 Å². The zero-order valence-corrected chi connectivity index (χ0v) is 27.6. The molecule has 0 bridgehead atoms. The maximum absolute atomic E-state index is 12.8. The lowest BCUT2D eigenvalue weighted by Crippen LogP contribution is -2.59. The molecule has 1 heterocycles. The van der Waals surface area contributed by atoms with Crippen LogP contribution in [0, 0.1) is 11.3 Å². The van der Waals surface area contributed by atoms with Crippen molar-refractivity contribution in [2.24, 2.45) is 0 Å². The molecular formula is C31H32F3NO13S. The standard InChI is InChI=1S/C31H32F3NO13S/c1-6-42-25-13-22(14-35)21(11-20-7-9-23(10-8-20)48-49(40,41)31(32,33)34)12-24(25)27-29(45-18(4)38)30(46-19(5)39)28(44-17(3)37)26(47-27)15-43-16(2)36/h7-10,12-13,26-30H,6,11,15H2,1-5H3/t26-,27+,28-,29+,30+/m1/s1. The first-order chi connectivity index (χ1) is 22.9. The lowest BCUT2D eigenvalue weighted by molar-refractivity contribution is -0.254. The van der Waals surface area contributed by atoms with Gasteiger partial charge in [-0.3, -0.25) is 19.2 Å². The molecule has 1 fully saturated rings. The molecule has 0 aromatic heterocycles. The molecule has 0 unspecified atom stereocenters. The predicted octanol–water partition coefficient (Wildman–Crippen LogP) is 3.57. The van der Waals surface area contributed by atoms with Crippen LogP contribution in [-0.4, -0.2) is 75.4 Å². The van der Waals surface area contributed by atoms with Crippen LogP contribution in [0.4, 0.5) is 13.2 Å². The fourth-order valence-electron chi connectivity index (χ4n) is 4.93. The first-order valence-electron chi connectivity index (χ1n) is 14.5. The lowest BCUT2D eigenvalue weighted by atomic mass is 9.87. The van der Waals surface area contributed by atoms with E-state index < -0.39 is 82.4 Å².